The Morgan fingerprint density at radius 3 is 2.00 bits per heavy atom. The van der Waals surface area contributed by atoms with Gasteiger partial charge in [-0.1, -0.05) is 17.9 Å². The van der Waals surface area contributed by atoms with Crippen LogP contribution in [0.4, 0.5) is 0 Å². The van der Waals surface area contributed by atoms with Crippen molar-refractivity contribution < 1.29 is 9.59 Å². The first kappa shape index (κ1) is 26.0. The third-order valence-electron chi connectivity index (χ3n) is 8.27. The van der Waals surface area contributed by atoms with E-state index < -0.39 is 0 Å². The van der Waals surface area contributed by atoms with Crippen molar-refractivity contribution in [2.75, 3.05) is 13.1 Å². The molecule has 2 N–H and O–H groups in total. The van der Waals surface area contributed by atoms with Gasteiger partial charge in [0.2, 0.25) is 11.8 Å². The fourth-order valence-corrected chi connectivity index (χ4v) is 6.21. The SMILES string of the molecule is CC(=O)N1CCC[C@H]1c1nc2ccc(C#Cc3ccc4nc([C@@H]5CCCN5C(=O)Cc5ccccn5)[nH]c4c3)cc2[nH]1. The highest BCUT2D eigenvalue weighted by atomic mass is 16.2. The van der Waals surface area contributed by atoms with Gasteiger partial charge in [-0.25, -0.2) is 9.97 Å². The maximum atomic E-state index is 13.1. The van der Waals surface area contributed by atoms with Crippen LogP contribution in [0.5, 0.6) is 0 Å². The Morgan fingerprint density at radius 1 is 0.833 bits per heavy atom. The molecule has 2 saturated heterocycles. The van der Waals surface area contributed by atoms with E-state index in [2.05, 4.69) is 26.8 Å². The predicted octanol–water partition coefficient (Wildman–Crippen LogP) is 4.82. The normalized spacial score (nSPS) is 18.5. The van der Waals surface area contributed by atoms with Gasteiger partial charge in [0.05, 0.1) is 40.6 Å². The number of hydrogen-bond acceptors (Lipinski definition) is 5. The Hall–Kier alpha value is -4.97. The van der Waals surface area contributed by atoms with E-state index in [0.29, 0.717) is 6.42 Å². The van der Waals surface area contributed by atoms with Gasteiger partial charge in [0, 0.05) is 43.0 Å². The summed E-state index contributed by atoms with van der Waals surface area (Å²) in [6.45, 7) is 3.12. The summed E-state index contributed by atoms with van der Waals surface area (Å²) in [5.41, 5.74) is 6.09. The average Bonchev–Trinajstić information content (AvgIpc) is 3.80. The van der Waals surface area contributed by atoms with Crippen LogP contribution in [-0.4, -0.2) is 59.6 Å². The number of carbonyl (C=O) groups is 2. The van der Waals surface area contributed by atoms with Gasteiger partial charge in [-0.2, -0.15) is 0 Å². The Bertz CT molecular complexity index is 1860. The number of pyridine rings is 1. The lowest BCUT2D eigenvalue weighted by Crippen LogP contribution is -2.32. The first-order valence-electron chi connectivity index (χ1n) is 14.5. The molecule has 9 heteroatoms. The minimum absolute atomic E-state index is 0.00533. The van der Waals surface area contributed by atoms with Crippen molar-refractivity contribution in [3.63, 3.8) is 0 Å². The molecule has 2 atom stereocenters. The molecule has 5 heterocycles. The first-order valence-corrected chi connectivity index (χ1v) is 14.5. The van der Waals surface area contributed by atoms with Crippen molar-refractivity contribution in [1.82, 2.24) is 34.7 Å². The van der Waals surface area contributed by atoms with Crippen LogP contribution < -0.4 is 0 Å². The Kier molecular flexibility index (Phi) is 6.67. The van der Waals surface area contributed by atoms with Crippen molar-refractivity contribution >= 4 is 33.9 Å². The number of amides is 2. The standard InChI is InChI=1S/C33H31N7O2/c1-21(41)39-16-4-7-29(39)32-35-25-13-11-22(18-27(25)37-32)9-10-23-12-14-26-28(19-23)38-33(36-26)30-8-5-17-40(30)31(42)20-24-6-2-3-15-34-24/h2-3,6,11-15,18-19,29-30H,4-5,7-8,16-17,20H2,1H3,(H,35,37)(H,36,38)/t29-,30-/m0/s1. The van der Waals surface area contributed by atoms with Gasteiger partial charge in [0.15, 0.2) is 0 Å². The molecule has 0 bridgehead atoms. The zero-order valence-corrected chi connectivity index (χ0v) is 23.4. The van der Waals surface area contributed by atoms with Gasteiger partial charge in [0.25, 0.3) is 0 Å². The molecule has 2 fully saturated rings. The van der Waals surface area contributed by atoms with Gasteiger partial charge in [-0.05, 0) is 74.2 Å². The van der Waals surface area contributed by atoms with Crippen LogP contribution >= 0.6 is 0 Å². The summed E-state index contributed by atoms with van der Waals surface area (Å²) >= 11 is 0. The number of aromatic nitrogens is 5. The topological polar surface area (TPSA) is 111 Å². The summed E-state index contributed by atoms with van der Waals surface area (Å²) in [6, 6.07) is 17.5. The smallest absolute Gasteiger partial charge is 0.229 e. The lowest BCUT2D eigenvalue weighted by molar-refractivity contribution is -0.131. The largest absolute Gasteiger partial charge is 0.340 e. The fraction of sp³-hybridized carbons (Fsp3) is 0.303. The monoisotopic (exact) mass is 557 g/mol. The molecule has 2 aromatic carbocycles. The van der Waals surface area contributed by atoms with E-state index in [1.54, 1.807) is 13.1 Å². The summed E-state index contributed by atoms with van der Waals surface area (Å²) < 4.78 is 0. The third kappa shape index (κ3) is 5.00. The van der Waals surface area contributed by atoms with E-state index in [1.165, 1.54) is 0 Å². The van der Waals surface area contributed by atoms with Gasteiger partial charge < -0.3 is 19.8 Å². The Labute approximate surface area is 243 Å². The lowest BCUT2D eigenvalue weighted by Gasteiger charge is -2.23. The molecule has 0 spiro atoms. The molecule has 2 aliphatic rings. The maximum absolute atomic E-state index is 13.1. The zero-order valence-electron chi connectivity index (χ0n) is 23.4. The van der Waals surface area contributed by atoms with E-state index >= 15 is 0 Å². The van der Waals surface area contributed by atoms with Crippen molar-refractivity contribution in [3.05, 3.63) is 89.3 Å². The number of hydrogen-bond donors (Lipinski definition) is 2. The molecule has 2 aliphatic heterocycles. The number of rotatable bonds is 4. The molecule has 210 valence electrons. The Balaban J connectivity index is 1.09. The van der Waals surface area contributed by atoms with Crippen molar-refractivity contribution in [2.45, 2.75) is 51.1 Å². The minimum atomic E-state index is -0.0686. The van der Waals surface area contributed by atoms with E-state index in [0.717, 1.165) is 89.3 Å². The van der Waals surface area contributed by atoms with Crippen LogP contribution in [0.25, 0.3) is 22.1 Å². The summed E-state index contributed by atoms with van der Waals surface area (Å²) in [4.78, 5) is 49.7. The summed E-state index contributed by atoms with van der Waals surface area (Å²) in [7, 11) is 0. The van der Waals surface area contributed by atoms with Gasteiger partial charge in [-0.3, -0.25) is 14.6 Å². The van der Waals surface area contributed by atoms with Crippen LogP contribution in [0.15, 0.2) is 60.8 Å². The highest BCUT2D eigenvalue weighted by molar-refractivity contribution is 5.81. The molecule has 0 saturated carbocycles. The molecule has 9 nitrogen and oxygen atoms in total. The number of nitrogens with one attached hydrogen (secondary N) is 2. The average molecular weight is 558 g/mol. The van der Waals surface area contributed by atoms with Crippen molar-refractivity contribution in [1.29, 1.82) is 0 Å². The van der Waals surface area contributed by atoms with E-state index in [9.17, 15) is 9.59 Å². The predicted molar refractivity (Wildman–Crippen MR) is 159 cm³/mol. The number of likely N-dealkylation sites (tertiary alicyclic amines) is 2. The molecular formula is C33H31N7O2. The van der Waals surface area contributed by atoms with Crippen LogP contribution in [-0.2, 0) is 16.0 Å². The second kappa shape index (κ2) is 10.8. The molecule has 5 aromatic rings. The number of carbonyl (C=O) groups excluding carboxylic acids is 2. The van der Waals surface area contributed by atoms with Crippen LogP contribution in [0.1, 0.15) is 73.2 Å². The summed E-state index contributed by atoms with van der Waals surface area (Å²) in [5, 5.41) is 0. The molecule has 7 rings (SSSR count). The number of fused-ring (bicyclic) bond motifs is 2. The minimum Gasteiger partial charge on any atom is -0.340 e. The number of nitrogens with zero attached hydrogens (tertiary/aromatic N) is 5. The second-order valence-electron chi connectivity index (χ2n) is 11.1. The molecule has 0 radical (unpaired) electrons. The molecule has 0 unspecified atom stereocenters. The summed E-state index contributed by atoms with van der Waals surface area (Å²) in [5.74, 6) is 8.36. The van der Waals surface area contributed by atoms with Crippen LogP contribution in [0, 0.1) is 11.8 Å². The van der Waals surface area contributed by atoms with Crippen LogP contribution in [0.2, 0.25) is 0 Å². The van der Waals surface area contributed by atoms with Gasteiger partial charge >= 0.3 is 0 Å². The highest BCUT2D eigenvalue weighted by Gasteiger charge is 2.32. The van der Waals surface area contributed by atoms with E-state index in [1.807, 2.05) is 64.4 Å². The van der Waals surface area contributed by atoms with E-state index in [4.69, 9.17) is 9.97 Å². The zero-order chi connectivity index (χ0) is 28.6. The molecule has 42 heavy (non-hydrogen) atoms. The summed E-state index contributed by atoms with van der Waals surface area (Å²) in [6.07, 6.45) is 5.75. The lowest BCUT2D eigenvalue weighted by atomic mass is 10.1. The molecular weight excluding hydrogens is 526 g/mol. The second-order valence-corrected chi connectivity index (χ2v) is 11.1. The van der Waals surface area contributed by atoms with E-state index in [-0.39, 0.29) is 23.9 Å². The molecule has 3 aromatic heterocycles. The number of benzene rings is 2. The number of aromatic amines is 2. The van der Waals surface area contributed by atoms with Crippen LogP contribution in [0.3, 0.4) is 0 Å². The number of imidazole rings is 2. The quantitative estimate of drug-likeness (QED) is 0.308. The van der Waals surface area contributed by atoms with Crippen molar-refractivity contribution in [2.24, 2.45) is 0 Å². The van der Waals surface area contributed by atoms with Gasteiger partial charge in [0.1, 0.15) is 11.6 Å². The molecule has 2 amide bonds. The Morgan fingerprint density at radius 2 is 1.43 bits per heavy atom. The highest BCUT2D eigenvalue weighted by Crippen LogP contribution is 2.33. The first-order chi connectivity index (χ1) is 20.5. The van der Waals surface area contributed by atoms with Crippen molar-refractivity contribution in [3.8, 4) is 11.8 Å². The molecule has 0 aliphatic carbocycles. The van der Waals surface area contributed by atoms with Gasteiger partial charge in [-0.15, -0.1) is 0 Å². The third-order valence-corrected chi connectivity index (χ3v) is 8.27. The maximum Gasteiger partial charge on any atom is 0.229 e. The fourth-order valence-electron chi connectivity index (χ4n) is 6.21. The number of H-pyrrole nitrogens is 2.